The zero-order valence-corrected chi connectivity index (χ0v) is 8.41. The van der Waals surface area contributed by atoms with Crippen molar-refractivity contribution in [2.45, 2.75) is 0 Å². The first-order valence-corrected chi connectivity index (χ1v) is 4.28. The normalized spacial score (nSPS) is 9.77. The van der Waals surface area contributed by atoms with Gasteiger partial charge in [0.1, 0.15) is 0 Å². The molecule has 0 saturated carbocycles. The average Bonchev–Trinajstić information content (AvgIpc) is 2.02. The highest BCUT2D eigenvalue weighted by Crippen LogP contribution is 2.26. The van der Waals surface area contributed by atoms with Crippen molar-refractivity contribution >= 4 is 34.8 Å². The lowest BCUT2D eigenvalue weighted by Gasteiger charge is -2.06. The smallest absolute Gasteiger partial charge is 0.254 e. The highest BCUT2D eigenvalue weighted by molar-refractivity contribution is 6.37. The Morgan fingerprint density at radius 1 is 1.46 bits per heavy atom. The van der Waals surface area contributed by atoms with Gasteiger partial charge in [-0.3, -0.25) is 4.79 Å². The minimum Gasteiger partial charge on any atom is -0.398 e. The predicted octanol–water partition coefficient (Wildman–Crippen LogP) is 1.94. The second-order valence-corrected chi connectivity index (χ2v) is 3.27. The molecule has 0 unspecified atom stereocenters. The van der Waals surface area contributed by atoms with Crippen molar-refractivity contribution in [3.63, 3.8) is 0 Å². The first kappa shape index (κ1) is 10.2. The van der Waals surface area contributed by atoms with Crippen molar-refractivity contribution in [2.75, 3.05) is 12.8 Å². The monoisotopic (exact) mass is 218 g/mol. The molecule has 1 rings (SSSR count). The van der Waals surface area contributed by atoms with Gasteiger partial charge in [0.2, 0.25) is 0 Å². The van der Waals surface area contributed by atoms with Crippen molar-refractivity contribution in [3.05, 3.63) is 27.7 Å². The Bertz CT molecular complexity index is 329. The zero-order chi connectivity index (χ0) is 10.0. The summed E-state index contributed by atoms with van der Waals surface area (Å²) in [7, 11) is 1.51. The van der Waals surface area contributed by atoms with Gasteiger partial charge in [-0.05, 0) is 12.1 Å². The van der Waals surface area contributed by atoms with Gasteiger partial charge in [0.25, 0.3) is 5.91 Å². The number of nitrogens with two attached hydrogens (primary N) is 1. The number of carbonyl (C=O) groups is 1. The van der Waals surface area contributed by atoms with Crippen molar-refractivity contribution in [3.8, 4) is 0 Å². The number of nitrogen functional groups attached to an aromatic ring is 1. The minimum atomic E-state index is -0.320. The molecule has 0 saturated heterocycles. The fraction of sp³-hybridized carbons (Fsp3) is 0.125. The molecule has 1 aromatic rings. The molecule has 0 aliphatic rings. The SMILES string of the molecule is CNC(=O)c1c(N)cc(Cl)cc1Cl. The van der Waals surface area contributed by atoms with Crippen molar-refractivity contribution in [1.29, 1.82) is 0 Å². The molecule has 70 valence electrons. The largest absolute Gasteiger partial charge is 0.398 e. The van der Waals surface area contributed by atoms with E-state index < -0.39 is 0 Å². The molecule has 0 fully saturated rings. The lowest BCUT2D eigenvalue weighted by Crippen LogP contribution is -2.19. The van der Waals surface area contributed by atoms with E-state index in [0.717, 1.165) is 0 Å². The highest BCUT2D eigenvalue weighted by atomic mass is 35.5. The van der Waals surface area contributed by atoms with E-state index in [1.807, 2.05) is 0 Å². The molecule has 0 aliphatic heterocycles. The number of rotatable bonds is 1. The van der Waals surface area contributed by atoms with Crippen LogP contribution in [0.2, 0.25) is 10.0 Å². The molecule has 0 bridgehead atoms. The second kappa shape index (κ2) is 3.85. The van der Waals surface area contributed by atoms with Gasteiger partial charge in [0, 0.05) is 17.8 Å². The molecule has 13 heavy (non-hydrogen) atoms. The van der Waals surface area contributed by atoms with E-state index >= 15 is 0 Å². The summed E-state index contributed by atoms with van der Waals surface area (Å²) in [6.45, 7) is 0. The molecular formula is C8H8Cl2N2O. The lowest BCUT2D eigenvalue weighted by molar-refractivity contribution is 0.0964. The van der Waals surface area contributed by atoms with Crippen LogP contribution in [0.15, 0.2) is 12.1 Å². The maximum atomic E-state index is 11.2. The summed E-state index contributed by atoms with van der Waals surface area (Å²) >= 11 is 11.5. The van der Waals surface area contributed by atoms with Crippen molar-refractivity contribution in [2.24, 2.45) is 0 Å². The van der Waals surface area contributed by atoms with Crippen LogP contribution in [0.4, 0.5) is 5.69 Å². The number of hydrogen-bond acceptors (Lipinski definition) is 2. The molecule has 0 aliphatic carbocycles. The van der Waals surface area contributed by atoms with Crippen molar-refractivity contribution < 1.29 is 4.79 Å². The average molecular weight is 219 g/mol. The van der Waals surface area contributed by atoms with Crippen LogP contribution in [0, 0.1) is 0 Å². The molecule has 1 amide bonds. The third kappa shape index (κ3) is 2.05. The third-order valence-corrected chi connectivity index (χ3v) is 2.06. The van der Waals surface area contributed by atoms with Crippen LogP contribution in [0.25, 0.3) is 0 Å². The van der Waals surface area contributed by atoms with Crippen LogP contribution in [0.5, 0.6) is 0 Å². The molecule has 5 heteroatoms. The first-order valence-electron chi connectivity index (χ1n) is 3.53. The number of amides is 1. The Kier molecular flexibility index (Phi) is 3.01. The van der Waals surface area contributed by atoms with Gasteiger partial charge in [-0.25, -0.2) is 0 Å². The third-order valence-electron chi connectivity index (χ3n) is 1.54. The molecule has 3 N–H and O–H groups in total. The van der Waals surface area contributed by atoms with Crippen molar-refractivity contribution in [1.82, 2.24) is 5.32 Å². The van der Waals surface area contributed by atoms with Crippen LogP contribution in [0.1, 0.15) is 10.4 Å². The van der Waals surface area contributed by atoms with Gasteiger partial charge < -0.3 is 11.1 Å². The number of anilines is 1. The first-order chi connectivity index (χ1) is 6.06. The Morgan fingerprint density at radius 2 is 2.08 bits per heavy atom. The molecule has 1 aromatic carbocycles. The Balaban J connectivity index is 3.28. The van der Waals surface area contributed by atoms with Gasteiger partial charge >= 0.3 is 0 Å². The van der Waals surface area contributed by atoms with E-state index in [1.165, 1.54) is 19.2 Å². The summed E-state index contributed by atoms with van der Waals surface area (Å²) in [5.41, 5.74) is 6.10. The molecule has 0 atom stereocenters. The molecule has 3 nitrogen and oxygen atoms in total. The number of carbonyl (C=O) groups excluding carboxylic acids is 1. The van der Waals surface area contributed by atoms with Crippen LogP contribution in [0.3, 0.4) is 0 Å². The number of hydrogen-bond donors (Lipinski definition) is 2. The molecule has 0 aromatic heterocycles. The van der Waals surface area contributed by atoms with E-state index in [4.69, 9.17) is 28.9 Å². The van der Waals surface area contributed by atoms with Crippen LogP contribution in [-0.2, 0) is 0 Å². The summed E-state index contributed by atoms with van der Waals surface area (Å²) < 4.78 is 0. The fourth-order valence-electron chi connectivity index (χ4n) is 0.958. The van der Waals surface area contributed by atoms with E-state index in [9.17, 15) is 4.79 Å². The lowest BCUT2D eigenvalue weighted by atomic mass is 10.1. The van der Waals surface area contributed by atoms with E-state index in [1.54, 1.807) is 0 Å². The summed E-state index contributed by atoms with van der Waals surface area (Å²) in [6, 6.07) is 2.96. The molecule has 0 radical (unpaired) electrons. The number of halogens is 2. The highest BCUT2D eigenvalue weighted by Gasteiger charge is 2.13. The summed E-state index contributed by atoms with van der Waals surface area (Å²) in [5.74, 6) is -0.320. The predicted molar refractivity (Wildman–Crippen MR) is 54.3 cm³/mol. The number of benzene rings is 1. The zero-order valence-electron chi connectivity index (χ0n) is 6.90. The molecule has 0 heterocycles. The number of nitrogens with one attached hydrogen (secondary N) is 1. The topological polar surface area (TPSA) is 55.1 Å². The molecule has 0 spiro atoms. The molecular weight excluding hydrogens is 211 g/mol. The second-order valence-electron chi connectivity index (χ2n) is 2.43. The fourth-order valence-corrected chi connectivity index (χ4v) is 1.55. The van der Waals surface area contributed by atoms with Gasteiger partial charge in [-0.2, -0.15) is 0 Å². The Hall–Kier alpha value is -0.930. The summed E-state index contributed by atoms with van der Waals surface area (Å²) in [4.78, 5) is 11.2. The van der Waals surface area contributed by atoms with E-state index in [-0.39, 0.29) is 22.2 Å². The van der Waals surface area contributed by atoms with Crippen LogP contribution >= 0.6 is 23.2 Å². The van der Waals surface area contributed by atoms with Gasteiger partial charge in [-0.1, -0.05) is 23.2 Å². The Labute approximate surface area is 85.8 Å². The van der Waals surface area contributed by atoms with Gasteiger partial charge in [-0.15, -0.1) is 0 Å². The minimum absolute atomic E-state index is 0.254. The maximum Gasteiger partial charge on any atom is 0.254 e. The van der Waals surface area contributed by atoms with Gasteiger partial charge in [0.05, 0.1) is 10.6 Å². The van der Waals surface area contributed by atoms with Crippen LogP contribution in [-0.4, -0.2) is 13.0 Å². The maximum absolute atomic E-state index is 11.2. The Morgan fingerprint density at radius 3 is 2.54 bits per heavy atom. The standard InChI is InChI=1S/C8H8Cl2N2O/c1-12-8(13)7-5(10)2-4(9)3-6(7)11/h2-3H,11H2,1H3,(H,12,13). The van der Waals surface area contributed by atoms with Gasteiger partial charge in [0.15, 0.2) is 0 Å². The van der Waals surface area contributed by atoms with E-state index in [0.29, 0.717) is 5.02 Å². The summed E-state index contributed by atoms with van der Waals surface area (Å²) in [5, 5.41) is 3.10. The van der Waals surface area contributed by atoms with E-state index in [2.05, 4.69) is 5.32 Å². The quantitative estimate of drug-likeness (QED) is 0.709. The van der Waals surface area contributed by atoms with Crippen LogP contribution < -0.4 is 11.1 Å². The summed E-state index contributed by atoms with van der Waals surface area (Å²) in [6.07, 6.45) is 0.